The average Bonchev–Trinajstić information content (AvgIpc) is 2.36. The molecule has 1 aromatic carbocycles. The molecule has 2 aromatic rings. The molecule has 0 spiro atoms. The van der Waals surface area contributed by atoms with Gasteiger partial charge < -0.3 is 9.47 Å². The van der Waals surface area contributed by atoms with Crippen molar-refractivity contribution in [3.8, 4) is 5.75 Å². The number of pyridine rings is 1. The maximum Gasteiger partial charge on any atom is 0.338 e. The number of hydrogen-bond donors (Lipinski definition) is 0. The molecule has 0 aliphatic rings. The van der Waals surface area contributed by atoms with Gasteiger partial charge in [0, 0.05) is 11.6 Å². The molecule has 1 heterocycles. The van der Waals surface area contributed by atoms with Crippen molar-refractivity contribution in [1.29, 1.82) is 0 Å². The molecule has 0 saturated carbocycles. The van der Waals surface area contributed by atoms with Crippen molar-refractivity contribution >= 4 is 16.9 Å². The van der Waals surface area contributed by atoms with E-state index < -0.39 is 0 Å². The molecule has 4 heteroatoms. The minimum absolute atomic E-state index is 0.0840. The van der Waals surface area contributed by atoms with Gasteiger partial charge in [-0.3, -0.25) is 4.98 Å². The van der Waals surface area contributed by atoms with Gasteiger partial charge in [-0.25, -0.2) is 4.79 Å². The Morgan fingerprint density at radius 2 is 2.06 bits per heavy atom. The SMILES string of the molecule is COC(=O)c1ccnc2ccc(OC(C)C)cc12. The van der Waals surface area contributed by atoms with Gasteiger partial charge in [-0.1, -0.05) is 0 Å². The van der Waals surface area contributed by atoms with Crippen LogP contribution < -0.4 is 4.74 Å². The van der Waals surface area contributed by atoms with E-state index in [9.17, 15) is 4.79 Å². The maximum absolute atomic E-state index is 11.7. The summed E-state index contributed by atoms with van der Waals surface area (Å²) in [7, 11) is 1.36. The summed E-state index contributed by atoms with van der Waals surface area (Å²) in [6.07, 6.45) is 1.68. The molecule has 0 amide bonds. The van der Waals surface area contributed by atoms with Crippen molar-refractivity contribution in [2.24, 2.45) is 0 Å². The van der Waals surface area contributed by atoms with Crippen LogP contribution in [0, 0.1) is 0 Å². The Morgan fingerprint density at radius 3 is 2.72 bits per heavy atom. The lowest BCUT2D eigenvalue weighted by Crippen LogP contribution is -2.06. The predicted octanol–water partition coefficient (Wildman–Crippen LogP) is 2.81. The van der Waals surface area contributed by atoms with Gasteiger partial charge in [0.05, 0.1) is 24.3 Å². The maximum atomic E-state index is 11.7. The van der Waals surface area contributed by atoms with Gasteiger partial charge in [0.25, 0.3) is 0 Å². The van der Waals surface area contributed by atoms with Crippen LogP contribution in [0.4, 0.5) is 0 Å². The fourth-order valence-corrected chi connectivity index (χ4v) is 1.76. The summed E-state index contributed by atoms with van der Waals surface area (Å²) in [5.41, 5.74) is 1.24. The van der Waals surface area contributed by atoms with Gasteiger partial charge in [-0.15, -0.1) is 0 Å². The Balaban J connectivity index is 2.55. The summed E-state index contributed by atoms with van der Waals surface area (Å²) in [6.45, 7) is 3.91. The second-order valence-electron chi connectivity index (χ2n) is 4.20. The number of methoxy groups -OCH3 is 1. The highest BCUT2D eigenvalue weighted by Crippen LogP contribution is 2.23. The molecule has 0 radical (unpaired) electrons. The van der Waals surface area contributed by atoms with E-state index in [1.165, 1.54) is 7.11 Å². The lowest BCUT2D eigenvalue weighted by Gasteiger charge is -2.11. The number of esters is 1. The van der Waals surface area contributed by atoms with Gasteiger partial charge >= 0.3 is 5.97 Å². The smallest absolute Gasteiger partial charge is 0.338 e. The van der Waals surface area contributed by atoms with Crippen LogP contribution >= 0.6 is 0 Å². The molecular formula is C14H15NO3. The first-order valence-corrected chi connectivity index (χ1v) is 5.75. The van der Waals surface area contributed by atoms with Crippen molar-refractivity contribution in [2.75, 3.05) is 7.11 Å². The molecule has 0 atom stereocenters. The molecule has 4 nitrogen and oxygen atoms in total. The second kappa shape index (κ2) is 5.04. The minimum Gasteiger partial charge on any atom is -0.491 e. The normalized spacial score (nSPS) is 10.7. The third kappa shape index (κ3) is 2.42. The zero-order valence-electron chi connectivity index (χ0n) is 10.6. The lowest BCUT2D eigenvalue weighted by molar-refractivity contribution is 0.0603. The first-order chi connectivity index (χ1) is 8.61. The molecule has 0 aliphatic carbocycles. The van der Waals surface area contributed by atoms with Gasteiger partial charge in [0.15, 0.2) is 0 Å². The van der Waals surface area contributed by atoms with Crippen molar-refractivity contribution in [3.63, 3.8) is 0 Å². The van der Waals surface area contributed by atoms with E-state index in [-0.39, 0.29) is 12.1 Å². The number of benzene rings is 1. The quantitative estimate of drug-likeness (QED) is 0.780. The zero-order valence-corrected chi connectivity index (χ0v) is 10.6. The van der Waals surface area contributed by atoms with E-state index >= 15 is 0 Å². The Labute approximate surface area is 106 Å². The minimum atomic E-state index is -0.371. The summed E-state index contributed by atoms with van der Waals surface area (Å²) < 4.78 is 10.4. The van der Waals surface area contributed by atoms with E-state index in [0.717, 1.165) is 16.7 Å². The Hall–Kier alpha value is -2.10. The molecular weight excluding hydrogens is 230 g/mol. The summed E-state index contributed by atoms with van der Waals surface area (Å²) in [5, 5.41) is 0.738. The van der Waals surface area contributed by atoms with Gasteiger partial charge in [0.2, 0.25) is 0 Å². The first-order valence-electron chi connectivity index (χ1n) is 5.75. The molecule has 0 aliphatic heterocycles. The third-order valence-electron chi connectivity index (χ3n) is 2.49. The lowest BCUT2D eigenvalue weighted by atomic mass is 10.1. The van der Waals surface area contributed by atoms with Crippen LogP contribution in [0.2, 0.25) is 0 Å². The number of rotatable bonds is 3. The topological polar surface area (TPSA) is 48.4 Å². The molecule has 0 saturated heterocycles. The van der Waals surface area contributed by atoms with E-state index in [1.54, 1.807) is 12.3 Å². The Kier molecular flexibility index (Phi) is 3.46. The molecule has 18 heavy (non-hydrogen) atoms. The van der Waals surface area contributed by atoms with Crippen LogP contribution in [0.3, 0.4) is 0 Å². The molecule has 0 fully saturated rings. The van der Waals surface area contributed by atoms with E-state index in [1.807, 2.05) is 32.0 Å². The van der Waals surface area contributed by atoms with E-state index in [2.05, 4.69) is 4.98 Å². The predicted molar refractivity (Wildman–Crippen MR) is 68.8 cm³/mol. The third-order valence-corrected chi connectivity index (χ3v) is 2.49. The highest BCUT2D eigenvalue weighted by molar-refractivity contribution is 6.03. The summed E-state index contributed by atoms with van der Waals surface area (Å²) >= 11 is 0. The van der Waals surface area contributed by atoms with Crippen molar-refractivity contribution in [2.45, 2.75) is 20.0 Å². The largest absolute Gasteiger partial charge is 0.491 e. The van der Waals surface area contributed by atoms with Crippen LogP contribution in [-0.4, -0.2) is 24.2 Å². The average molecular weight is 245 g/mol. The van der Waals surface area contributed by atoms with E-state index in [0.29, 0.717) is 5.56 Å². The van der Waals surface area contributed by atoms with Gasteiger partial charge in [-0.2, -0.15) is 0 Å². The molecule has 0 N–H and O–H groups in total. The van der Waals surface area contributed by atoms with Crippen LogP contribution in [0.15, 0.2) is 30.5 Å². The fraction of sp³-hybridized carbons (Fsp3) is 0.286. The summed E-state index contributed by atoms with van der Waals surface area (Å²) in [6, 6.07) is 7.14. The van der Waals surface area contributed by atoms with E-state index in [4.69, 9.17) is 9.47 Å². The van der Waals surface area contributed by atoms with Gasteiger partial charge in [-0.05, 0) is 38.1 Å². The molecule has 2 rings (SSSR count). The summed E-state index contributed by atoms with van der Waals surface area (Å²) in [4.78, 5) is 15.9. The second-order valence-corrected chi connectivity index (χ2v) is 4.20. The van der Waals surface area contributed by atoms with Crippen LogP contribution in [0.5, 0.6) is 5.75 Å². The van der Waals surface area contributed by atoms with Crippen LogP contribution in [0.1, 0.15) is 24.2 Å². The molecule has 94 valence electrons. The highest BCUT2D eigenvalue weighted by Gasteiger charge is 2.11. The number of carbonyl (C=O) groups excluding carboxylic acids is 1. The Bertz CT molecular complexity index is 578. The number of aromatic nitrogens is 1. The van der Waals surface area contributed by atoms with Crippen molar-refractivity contribution in [1.82, 2.24) is 4.98 Å². The van der Waals surface area contributed by atoms with Crippen molar-refractivity contribution in [3.05, 3.63) is 36.0 Å². The standard InChI is InChI=1S/C14H15NO3/c1-9(2)18-10-4-5-13-12(8-10)11(6-7-15-13)14(16)17-3/h4-9H,1-3H3. The number of carbonyl (C=O) groups is 1. The first kappa shape index (κ1) is 12.4. The molecule has 0 unspecified atom stereocenters. The van der Waals surface area contributed by atoms with Crippen LogP contribution in [0.25, 0.3) is 10.9 Å². The zero-order chi connectivity index (χ0) is 13.1. The van der Waals surface area contributed by atoms with Crippen molar-refractivity contribution < 1.29 is 14.3 Å². The monoisotopic (exact) mass is 245 g/mol. The summed E-state index contributed by atoms with van der Waals surface area (Å²) in [5.74, 6) is 0.347. The Morgan fingerprint density at radius 1 is 1.28 bits per heavy atom. The number of hydrogen-bond acceptors (Lipinski definition) is 4. The molecule has 0 bridgehead atoms. The highest BCUT2D eigenvalue weighted by atomic mass is 16.5. The van der Waals surface area contributed by atoms with Gasteiger partial charge in [0.1, 0.15) is 5.75 Å². The van der Waals surface area contributed by atoms with Crippen LogP contribution in [-0.2, 0) is 4.74 Å². The fourth-order valence-electron chi connectivity index (χ4n) is 1.76. The molecule has 1 aromatic heterocycles. The number of nitrogens with zero attached hydrogens (tertiary/aromatic N) is 1. The number of ether oxygens (including phenoxy) is 2. The number of fused-ring (bicyclic) bond motifs is 1.